The Bertz CT molecular complexity index is 904. The molecule has 0 spiro atoms. The first-order valence-corrected chi connectivity index (χ1v) is 8.51. The lowest BCUT2D eigenvalue weighted by atomic mass is 10.0. The highest BCUT2D eigenvalue weighted by molar-refractivity contribution is 9.10. The van der Waals surface area contributed by atoms with Gasteiger partial charge < -0.3 is 5.11 Å². The molecule has 1 heterocycles. The number of nitrogens with zero attached hydrogens (tertiary/aromatic N) is 2. The highest BCUT2D eigenvalue weighted by Crippen LogP contribution is 2.42. The van der Waals surface area contributed by atoms with E-state index >= 15 is 0 Å². The zero-order valence-corrected chi connectivity index (χ0v) is 15.3. The fourth-order valence-corrected chi connectivity index (χ4v) is 3.14. The molecule has 1 atom stereocenters. The summed E-state index contributed by atoms with van der Waals surface area (Å²) in [5, 5.41) is 14.4. The first-order valence-electron chi connectivity index (χ1n) is 7.34. The van der Waals surface area contributed by atoms with Crippen LogP contribution in [0.25, 0.3) is 0 Å². The van der Waals surface area contributed by atoms with Gasteiger partial charge in [0.05, 0.1) is 12.1 Å². The minimum Gasteiger partial charge on any atom is -0.362 e. The molecule has 136 valence electrons. The van der Waals surface area contributed by atoms with E-state index in [9.17, 15) is 23.1 Å². The summed E-state index contributed by atoms with van der Waals surface area (Å²) < 4.78 is 41.3. The molecule has 9 heteroatoms. The molecule has 3 rings (SSSR count). The Hall–Kier alpha value is -1.90. The van der Waals surface area contributed by atoms with Gasteiger partial charge in [-0.2, -0.15) is 23.3 Å². The maximum atomic E-state index is 13.6. The fraction of sp³-hybridized carbons (Fsp3) is 0.176. The highest BCUT2D eigenvalue weighted by atomic mass is 79.9. The molecule has 0 bridgehead atoms. The molecule has 1 amide bonds. The number of hydrogen-bond donors (Lipinski definition) is 1. The summed E-state index contributed by atoms with van der Waals surface area (Å²) in [4.78, 5) is 12.6. The number of halogens is 5. The molecular weight excluding hydrogens is 437 g/mol. The summed E-state index contributed by atoms with van der Waals surface area (Å²) in [6.07, 6.45) is -5.97. The Morgan fingerprint density at radius 2 is 1.92 bits per heavy atom. The van der Waals surface area contributed by atoms with E-state index in [-0.39, 0.29) is 21.3 Å². The van der Waals surface area contributed by atoms with Crippen molar-refractivity contribution in [3.63, 3.8) is 0 Å². The maximum absolute atomic E-state index is 13.6. The van der Waals surface area contributed by atoms with E-state index in [1.54, 1.807) is 24.3 Å². The molecule has 0 saturated heterocycles. The topological polar surface area (TPSA) is 52.9 Å². The van der Waals surface area contributed by atoms with Crippen molar-refractivity contribution in [2.75, 3.05) is 0 Å². The number of amides is 1. The molecule has 4 nitrogen and oxygen atoms in total. The molecule has 2 aromatic carbocycles. The van der Waals surface area contributed by atoms with Gasteiger partial charge in [0.1, 0.15) is 0 Å². The van der Waals surface area contributed by atoms with E-state index in [0.717, 1.165) is 0 Å². The predicted octanol–water partition coefficient (Wildman–Crippen LogP) is 4.60. The third-order valence-corrected chi connectivity index (χ3v) is 4.59. The summed E-state index contributed by atoms with van der Waals surface area (Å²) in [5.74, 6) is -1.10. The minimum absolute atomic E-state index is 0.0542. The van der Waals surface area contributed by atoms with Gasteiger partial charge in [-0.15, -0.1) is 0 Å². The van der Waals surface area contributed by atoms with Crippen LogP contribution in [-0.4, -0.2) is 33.6 Å². The number of rotatable bonds is 2. The van der Waals surface area contributed by atoms with Crippen LogP contribution in [0.4, 0.5) is 13.2 Å². The van der Waals surface area contributed by atoms with Gasteiger partial charge >= 0.3 is 6.18 Å². The van der Waals surface area contributed by atoms with Crippen molar-refractivity contribution in [2.24, 2.45) is 5.10 Å². The molecule has 1 N–H and O–H groups in total. The van der Waals surface area contributed by atoms with E-state index in [1.165, 1.54) is 24.3 Å². The second kappa shape index (κ2) is 6.68. The van der Waals surface area contributed by atoms with Crippen LogP contribution in [0.3, 0.4) is 0 Å². The Balaban J connectivity index is 2.07. The molecule has 0 fully saturated rings. The average Bonchev–Trinajstić information content (AvgIpc) is 2.93. The van der Waals surface area contributed by atoms with Crippen molar-refractivity contribution in [2.45, 2.75) is 18.3 Å². The molecule has 2 aromatic rings. The number of benzene rings is 2. The highest BCUT2D eigenvalue weighted by Gasteiger charge is 2.63. The number of hydrazone groups is 1. The lowest BCUT2D eigenvalue weighted by Gasteiger charge is -2.32. The van der Waals surface area contributed by atoms with Crippen molar-refractivity contribution < 1.29 is 23.1 Å². The van der Waals surface area contributed by atoms with E-state index in [0.29, 0.717) is 10.0 Å². The third-order valence-electron chi connectivity index (χ3n) is 3.86. The molecule has 1 unspecified atom stereocenters. The van der Waals surface area contributed by atoms with E-state index in [2.05, 4.69) is 21.0 Å². The van der Waals surface area contributed by atoms with Crippen LogP contribution < -0.4 is 0 Å². The zero-order chi connectivity index (χ0) is 19.1. The van der Waals surface area contributed by atoms with Gasteiger partial charge in [-0.05, 0) is 35.9 Å². The molecule has 0 saturated carbocycles. The van der Waals surface area contributed by atoms with Crippen molar-refractivity contribution in [1.29, 1.82) is 0 Å². The van der Waals surface area contributed by atoms with Gasteiger partial charge in [-0.1, -0.05) is 45.7 Å². The molecule has 0 aromatic heterocycles. The molecule has 1 aliphatic rings. The van der Waals surface area contributed by atoms with Crippen molar-refractivity contribution in [3.8, 4) is 0 Å². The van der Waals surface area contributed by atoms with Gasteiger partial charge in [-0.3, -0.25) is 4.79 Å². The summed E-state index contributed by atoms with van der Waals surface area (Å²) in [5.41, 5.74) is -3.24. The predicted molar refractivity (Wildman–Crippen MR) is 93.9 cm³/mol. The summed E-state index contributed by atoms with van der Waals surface area (Å²) >= 11 is 9.03. The zero-order valence-electron chi connectivity index (χ0n) is 13.0. The summed E-state index contributed by atoms with van der Waals surface area (Å²) in [7, 11) is 0. The second-order valence-corrected chi connectivity index (χ2v) is 7.03. The van der Waals surface area contributed by atoms with Gasteiger partial charge in [0, 0.05) is 15.1 Å². The Morgan fingerprint density at radius 1 is 1.23 bits per heavy atom. The van der Waals surface area contributed by atoms with Gasteiger partial charge in [0.25, 0.3) is 11.6 Å². The Morgan fingerprint density at radius 3 is 2.54 bits per heavy atom. The number of carbonyl (C=O) groups excluding carboxylic acids is 1. The number of hydrogen-bond acceptors (Lipinski definition) is 3. The van der Waals surface area contributed by atoms with Crippen molar-refractivity contribution >= 4 is 39.1 Å². The van der Waals surface area contributed by atoms with Crippen LogP contribution in [0.2, 0.25) is 5.02 Å². The monoisotopic (exact) mass is 446 g/mol. The second-order valence-electron chi connectivity index (χ2n) is 5.68. The van der Waals surface area contributed by atoms with Crippen LogP contribution in [0.1, 0.15) is 22.3 Å². The quantitative estimate of drug-likeness (QED) is 0.731. The SMILES string of the molecule is O=C(c1cccc(Cl)c1)N1N=C(c2cccc(Br)c2)CC1(O)C(F)(F)F. The molecule has 26 heavy (non-hydrogen) atoms. The largest absolute Gasteiger partial charge is 0.438 e. The van der Waals surface area contributed by atoms with Gasteiger partial charge in [0.2, 0.25) is 0 Å². The first-order chi connectivity index (χ1) is 12.1. The lowest BCUT2D eigenvalue weighted by molar-refractivity contribution is -0.297. The number of alkyl halides is 3. The third kappa shape index (κ3) is 3.36. The lowest BCUT2D eigenvalue weighted by Crippen LogP contribution is -2.56. The normalized spacial score (nSPS) is 20.2. The maximum Gasteiger partial charge on any atom is 0.438 e. The molecule has 0 aliphatic carbocycles. The van der Waals surface area contributed by atoms with Crippen LogP contribution in [-0.2, 0) is 0 Å². The van der Waals surface area contributed by atoms with E-state index in [4.69, 9.17) is 11.6 Å². The van der Waals surface area contributed by atoms with E-state index in [1.807, 2.05) is 0 Å². The molecular formula is C17H11BrClF3N2O2. The van der Waals surface area contributed by atoms with E-state index < -0.39 is 24.2 Å². The Labute approximate surface area is 160 Å². The van der Waals surface area contributed by atoms with Gasteiger partial charge in [-0.25, -0.2) is 0 Å². The first kappa shape index (κ1) is 18.9. The minimum atomic E-state index is -5.10. The number of aliphatic hydroxyl groups is 1. The van der Waals surface area contributed by atoms with Crippen molar-refractivity contribution in [3.05, 3.63) is 69.2 Å². The fourth-order valence-electron chi connectivity index (χ4n) is 2.55. The molecule has 1 aliphatic heterocycles. The summed E-state index contributed by atoms with van der Waals surface area (Å²) in [6.45, 7) is 0. The number of carbonyl (C=O) groups is 1. The van der Waals surface area contributed by atoms with Gasteiger partial charge in [0.15, 0.2) is 0 Å². The van der Waals surface area contributed by atoms with Crippen LogP contribution in [0.5, 0.6) is 0 Å². The smallest absolute Gasteiger partial charge is 0.362 e. The average molecular weight is 448 g/mol. The van der Waals surface area contributed by atoms with Crippen molar-refractivity contribution in [1.82, 2.24) is 5.01 Å². The standard InChI is InChI=1S/C17H11BrClF3N2O2/c18-12-5-1-3-10(7-12)14-9-16(26,17(20,21)22)24(23-14)15(25)11-4-2-6-13(19)8-11/h1-8,26H,9H2. The molecule has 0 radical (unpaired) electrons. The van der Waals surface area contributed by atoms with Crippen LogP contribution in [0.15, 0.2) is 58.1 Å². The summed E-state index contributed by atoms with van der Waals surface area (Å²) in [6, 6.07) is 11.9. The Kier molecular flexibility index (Phi) is 4.85. The van der Waals surface area contributed by atoms with Crippen LogP contribution >= 0.6 is 27.5 Å². The van der Waals surface area contributed by atoms with Crippen LogP contribution in [0, 0.1) is 0 Å².